The Balaban J connectivity index is 2.00. The van der Waals surface area contributed by atoms with Crippen molar-refractivity contribution >= 4 is 28.9 Å². The standard InChI is InChI=1S/C23H23ClFNO4/c1-5-30-19(27)9-15-8-18(29-4)21(23(15)28)20-12(2)6-14(7-13(20)3)22-17(25)10-16(24)11-26-22/h6-7,10-11,15H,5,8-9H2,1-4H3. The molecule has 0 spiro atoms. The number of aromatic nitrogens is 1. The molecule has 1 aromatic heterocycles. The number of esters is 1. The molecule has 0 bridgehead atoms. The highest BCUT2D eigenvalue weighted by molar-refractivity contribution is 6.30. The zero-order chi connectivity index (χ0) is 22.0. The minimum absolute atomic E-state index is 0.0130. The first-order valence-corrected chi connectivity index (χ1v) is 10.0. The van der Waals surface area contributed by atoms with Crippen LogP contribution in [0.4, 0.5) is 4.39 Å². The van der Waals surface area contributed by atoms with Crippen molar-refractivity contribution in [3.05, 3.63) is 57.7 Å². The highest BCUT2D eigenvalue weighted by Crippen LogP contribution is 2.40. The van der Waals surface area contributed by atoms with E-state index in [9.17, 15) is 14.0 Å². The number of rotatable bonds is 6. The van der Waals surface area contributed by atoms with E-state index in [-0.39, 0.29) is 29.5 Å². The number of methoxy groups -OCH3 is 1. The molecule has 0 saturated heterocycles. The van der Waals surface area contributed by atoms with E-state index >= 15 is 0 Å². The molecule has 158 valence electrons. The Kier molecular flexibility index (Phi) is 6.56. The summed E-state index contributed by atoms with van der Waals surface area (Å²) in [5, 5.41) is 0.223. The SMILES string of the molecule is CCOC(=O)CC1CC(OC)=C(c2c(C)cc(-c3ncc(Cl)cc3F)cc2C)C1=O. The molecule has 3 rings (SSSR count). The summed E-state index contributed by atoms with van der Waals surface area (Å²) < 4.78 is 24.8. The molecule has 5 nitrogen and oxygen atoms in total. The highest BCUT2D eigenvalue weighted by atomic mass is 35.5. The molecule has 0 aliphatic heterocycles. The number of hydrogen-bond acceptors (Lipinski definition) is 5. The van der Waals surface area contributed by atoms with Crippen LogP contribution in [-0.4, -0.2) is 30.5 Å². The quantitative estimate of drug-likeness (QED) is 0.598. The van der Waals surface area contributed by atoms with Gasteiger partial charge in [0.1, 0.15) is 11.5 Å². The first kappa shape index (κ1) is 22.0. The number of hydrogen-bond donors (Lipinski definition) is 0. The van der Waals surface area contributed by atoms with Gasteiger partial charge in [-0.25, -0.2) is 4.39 Å². The van der Waals surface area contributed by atoms with Crippen molar-refractivity contribution in [3.63, 3.8) is 0 Å². The Labute approximate surface area is 179 Å². The molecular weight excluding hydrogens is 409 g/mol. The van der Waals surface area contributed by atoms with Crippen LogP contribution in [0.5, 0.6) is 0 Å². The Morgan fingerprint density at radius 1 is 1.27 bits per heavy atom. The fourth-order valence-corrected chi connectivity index (χ4v) is 4.06. The molecule has 1 aliphatic carbocycles. The predicted molar refractivity (Wildman–Crippen MR) is 112 cm³/mol. The van der Waals surface area contributed by atoms with Crippen LogP contribution in [0.15, 0.2) is 30.2 Å². The average molecular weight is 432 g/mol. The molecule has 0 radical (unpaired) electrons. The number of halogens is 2. The topological polar surface area (TPSA) is 65.5 Å². The maximum atomic E-state index is 14.3. The van der Waals surface area contributed by atoms with E-state index in [1.807, 2.05) is 13.8 Å². The number of aryl methyl sites for hydroxylation is 2. The molecule has 1 aliphatic rings. The van der Waals surface area contributed by atoms with E-state index in [0.29, 0.717) is 23.3 Å². The van der Waals surface area contributed by atoms with Crippen LogP contribution in [-0.2, 0) is 19.1 Å². The molecule has 2 aromatic rings. The fraction of sp³-hybridized carbons (Fsp3) is 0.348. The smallest absolute Gasteiger partial charge is 0.306 e. The molecule has 30 heavy (non-hydrogen) atoms. The van der Waals surface area contributed by atoms with Crippen molar-refractivity contribution in [2.24, 2.45) is 5.92 Å². The molecule has 0 amide bonds. The van der Waals surface area contributed by atoms with Crippen molar-refractivity contribution in [1.29, 1.82) is 0 Å². The zero-order valence-electron chi connectivity index (χ0n) is 17.3. The minimum atomic E-state index is -0.516. The van der Waals surface area contributed by atoms with Crippen LogP contribution < -0.4 is 0 Å². The molecule has 0 N–H and O–H groups in total. The maximum absolute atomic E-state index is 14.3. The average Bonchev–Trinajstić information content (AvgIpc) is 2.97. The summed E-state index contributed by atoms with van der Waals surface area (Å²) in [7, 11) is 1.52. The van der Waals surface area contributed by atoms with Gasteiger partial charge in [-0.15, -0.1) is 0 Å². The minimum Gasteiger partial charge on any atom is -0.500 e. The van der Waals surface area contributed by atoms with E-state index < -0.39 is 17.7 Å². The van der Waals surface area contributed by atoms with Gasteiger partial charge in [-0.1, -0.05) is 11.6 Å². The van der Waals surface area contributed by atoms with E-state index in [2.05, 4.69) is 4.98 Å². The highest BCUT2D eigenvalue weighted by Gasteiger charge is 2.37. The van der Waals surface area contributed by atoms with E-state index in [4.69, 9.17) is 21.1 Å². The summed E-state index contributed by atoms with van der Waals surface area (Å²) in [5.41, 5.74) is 3.57. The summed E-state index contributed by atoms with van der Waals surface area (Å²) >= 11 is 5.80. The molecular formula is C23H23ClFNO4. The zero-order valence-corrected chi connectivity index (χ0v) is 18.1. The molecule has 1 atom stereocenters. The number of carbonyl (C=O) groups is 2. The van der Waals surface area contributed by atoms with Gasteiger partial charge in [-0.2, -0.15) is 0 Å². The third-order valence-electron chi connectivity index (χ3n) is 5.16. The second-order valence-electron chi connectivity index (χ2n) is 7.25. The lowest BCUT2D eigenvalue weighted by molar-refractivity contribution is -0.145. The monoisotopic (exact) mass is 431 g/mol. The summed E-state index contributed by atoms with van der Waals surface area (Å²) in [5.74, 6) is -1.03. The first-order valence-electron chi connectivity index (χ1n) is 9.66. The molecule has 0 fully saturated rings. The lowest BCUT2D eigenvalue weighted by atomic mass is 9.89. The van der Waals surface area contributed by atoms with Gasteiger partial charge in [-0.05, 0) is 55.7 Å². The third kappa shape index (κ3) is 4.24. The van der Waals surface area contributed by atoms with Crippen molar-refractivity contribution in [2.45, 2.75) is 33.6 Å². The second-order valence-corrected chi connectivity index (χ2v) is 7.68. The van der Waals surface area contributed by atoms with Crippen LogP contribution in [0.25, 0.3) is 16.8 Å². The summed E-state index contributed by atoms with van der Waals surface area (Å²) in [4.78, 5) is 29.1. The van der Waals surface area contributed by atoms with Crippen molar-refractivity contribution in [2.75, 3.05) is 13.7 Å². The van der Waals surface area contributed by atoms with E-state index in [1.165, 1.54) is 19.4 Å². The Morgan fingerprint density at radius 2 is 1.93 bits per heavy atom. The number of Topliss-reactive ketones (excluding diaryl/α,β-unsaturated/α-hetero) is 1. The Hall–Kier alpha value is -2.73. The van der Waals surface area contributed by atoms with Gasteiger partial charge in [0.2, 0.25) is 0 Å². The van der Waals surface area contributed by atoms with Crippen molar-refractivity contribution in [1.82, 2.24) is 4.98 Å². The van der Waals surface area contributed by atoms with Gasteiger partial charge < -0.3 is 9.47 Å². The molecule has 1 aromatic carbocycles. The summed E-state index contributed by atoms with van der Waals surface area (Å²) in [6.45, 7) is 5.70. The van der Waals surface area contributed by atoms with Crippen molar-refractivity contribution < 1.29 is 23.5 Å². The first-order chi connectivity index (χ1) is 14.3. The van der Waals surface area contributed by atoms with Crippen LogP contribution in [0, 0.1) is 25.6 Å². The fourth-order valence-electron chi connectivity index (χ4n) is 3.92. The second kappa shape index (κ2) is 8.96. The summed E-state index contributed by atoms with van der Waals surface area (Å²) in [6, 6.07) is 4.79. The largest absolute Gasteiger partial charge is 0.500 e. The number of benzene rings is 1. The molecule has 1 unspecified atom stereocenters. The van der Waals surface area contributed by atoms with Gasteiger partial charge in [0.15, 0.2) is 11.6 Å². The normalized spacial score (nSPS) is 16.2. The molecule has 7 heteroatoms. The lowest BCUT2D eigenvalue weighted by Gasteiger charge is -2.15. The van der Waals surface area contributed by atoms with Gasteiger partial charge in [-0.3, -0.25) is 14.6 Å². The van der Waals surface area contributed by atoms with Gasteiger partial charge in [0.25, 0.3) is 0 Å². The maximum Gasteiger partial charge on any atom is 0.306 e. The number of ketones is 1. The van der Waals surface area contributed by atoms with Crippen LogP contribution in [0.2, 0.25) is 5.02 Å². The number of ether oxygens (including phenoxy) is 2. The third-order valence-corrected chi connectivity index (χ3v) is 5.36. The van der Waals surface area contributed by atoms with E-state index in [0.717, 1.165) is 16.7 Å². The van der Waals surface area contributed by atoms with Crippen LogP contribution in [0.1, 0.15) is 36.5 Å². The lowest BCUT2D eigenvalue weighted by Crippen LogP contribution is -2.17. The van der Waals surface area contributed by atoms with Crippen LogP contribution >= 0.6 is 11.6 Å². The van der Waals surface area contributed by atoms with Gasteiger partial charge in [0, 0.05) is 24.1 Å². The number of pyridine rings is 1. The van der Waals surface area contributed by atoms with Gasteiger partial charge >= 0.3 is 5.97 Å². The van der Waals surface area contributed by atoms with Crippen LogP contribution in [0.3, 0.4) is 0 Å². The number of nitrogens with zero attached hydrogens (tertiary/aromatic N) is 1. The van der Waals surface area contributed by atoms with Crippen molar-refractivity contribution in [3.8, 4) is 11.3 Å². The Morgan fingerprint density at radius 3 is 2.50 bits per heavy atom. The molecule has 1 heterocycles. The van der Waals surface area contributed by atoms with E-state index in [1.54, 1.807) is 19.1 Å². The Bertz CT molecular complexity index is 1020. The number of carbonyl (C=O) groups excluding carboxylic acids is 2. The molecule has 0 saturated carbocycles. The van der Waals surface area contributed by atoms with Gasteiger partial charge in [0.05, 0.1) is 30.7 Å². The predicted octanol–water partition coefficient (Wildman–Crippen LogP) is 5.06. The number of allylic oxidation sites excluding steroid dienone is 2. The summed E-state index contributed by atoms with van der Waals surface area (Å²) in [6.07, 6.45) is 1.75.